The van der Waals surface area contributed by atoms with Gasteiger partial charge in [-0.15, -0.1) is 0 Å². The van der Waals surface area contributed by atoms with Gasteiger partial charge in [0, 0.05) is 36.3 Å². The first kappa shape index (κ1) is 18.7. The number of aryl methyl sites for hydroxylation is 1. The predicted molar refractivity (Wildman–Crippen MR) is 115 cm³/mol. The van der Waals surface area contributed by atoms with Gasteiger partial charge in [-0.3, -0.25) is 4.79 Å². The Kier molecular flexibility index (Phi) is 5.52. The van der Waals surface area contributed by atoms with E-state index in [1.165, 1.54) is 10.9 Å². The number of H-pyrrole nitrogens is 1. The van der Waals surface area contributed by atoms with E-state index in [4.69, 9.17) is 0 Å². The summed E-state index contributed by atoms with van der Waals surface area (Å²) >= 11 is 0. The van der Waals surface area contributed by atoms with Gasteiger partial charge >= 0.3 is 0 Å². The van der Waals surface area contributed by atoms with E-state index in [1.807, 2.05) is 48.7 Å². The Morgan fingerprint density at radius 3 is 2.69 bits per heavy atom. The zero-order valence-corrected chi connectivity index (χ0v) is 16.3. The summed E-state index contributed by atoms with van der Waals surface area (Å²) in [5.41, 5.74) is 3.80. The van der Waals surface area contributed by atoms with Crippen LogP contribution in [0.5, 0.6) is 0 Å². The summed E-state index contributed by atoms with van der Waals surface area (Å²) in [6, 6.07) is 19.8. The van der Waals surface area contributed by atoms with E-state index < -0.39 is 0 Å². The summed E-state index contributed by atoms with van der Waals surface area (Å²) in [6.45, 7) is 2.97. The molecule has 1 amide bonds. The molecule has 0 aliphatic carbocycles. The van der Waals surface area contributed by atoms with Gasteiger partial charge < -0.3 is 15.6 Å². The van der Waals surface area contributed by atoms with E-state index in [-0.39, 0.29) is 5.91 Å². The minimum Gasteiger partial charge on any atom is -0.370 e. The van der Waals surface area contributed by atoms with Crippen LogP contribution in [-0.4, -0.2) is 27.4 Å². The molecule has 0 atom stereocenters. The van der Waals surface area contributed by atoms with Gasteiger partial charge in [-0.1, -0.05) is 48.5 Å². The van der Waals surface area contributed by atoms with Crippen LogP contribution in [0.15, 0.2) is 66.9 Å². The van der Waals surface area contributed by atoms with Gasteiger partial charge in [0.1, 0.15) is 17.3 Å². The van der Waals surface area contributed by atoms with Gasteiger partial charge in [-0.05, 0) is 30.5 Å². The minimum absolute atomic E-state index is 0.209. The maximum atomic E-state index is 12.5. The van der Waals surface area contributed by atoms with Gasteiger partial charge in [0.15, 0.2) is 0 Å². The highest BCUT2D eigenvalue weighted by atomic mass is 16.1. The molecule has 0 saturated carbocycles. The topological polar surface area (TPSA) is 82.7 Å². The molecule has 0 radical (unpaired) electrons. The number of amides is 1. The first-order valence-corrected chi connectivity index (χ1v) is 9.66. The van der Waals surface area contributed by atoms with E-state index in [0.717, 1.165) is 17.5 Å². The highest BCUT2D eigenvalue weighted by Gasteiger charge is 2.11. The predicted octanol–water partition coefficient (Wildman–Crippen LogP) is 3.85. The minimum atomic E-state index is -0.209. The van der Waals surface area contributed by atoms with Gasteiger partial charge in [-0.2, -0.15) is 0 Å². The van der Waals surface area contributed by atoms with Crippen molar-refractivity contribution in [2.24, 2.45) is 0 Å². The lowest BCUT2D eigenvalue weighted by Gasteiger charge is -2.09. The largest absolute Gasteiger partial charge is 0.370 e. The smallest absolute Gasteiger partial charge is 0.270 e. The first-order valence-electron chi connectivity index (χ1n) is 9.66. The van der Waals surface area contributed by atoms with Gasteiger partial charge in [0.25, 0.3) is 5.91 Å². The number of carbonyl (C=O) groups excluding carboxylic acids is 1. The Labute approximate surface area is 169 Å². The molecule has 29 heavy (non-hydrogen) atoms. The van der Waals surface area contributed by atoms with Crippen molar-refractivity contribution in [1.82, 2.24) is 20.3 Å². The summed E-state index contributed by atoms with van der Waals surface area (Å²) in [6.07, 6.45) is 2.89. The fraction of sp³-hybridized carbons (Fsp3) is 0.174. The Hall–Kier alpha value is -3.67. The van der Waals surface area contributed by atoms with Crippen molar-refractivity contribution >= 4 is 22.6 Å². The van der Waals surface area contributed by atoms with Gasteiger partial charge in [-0.25, -0.2) is 9.97 Å². The average molecular weight is 385 g/mol. The fourth-order valence-corrected chi connectivity index (χ4v) is 3.31. The van der Waals surface area contributed by atoms with Crippen LogP contribution in [0.4, 0.5) is 5.82 Å². The molecular formula is C23H23N5O. The summed E-state index contributed by atoms with van der Waals surface area (Å²) in [4.78, 5) is 24.5. The van der Waals surface area contributed by atoms with E-state index in [2.05, 4.69) is 37.7 Å². The summed E-state index contributed by atoms with van der Waals surface area (Å²) < 4.78 is 0. The molecule has 0 spiro atoms. The number of aromatic amines is 1. The van der Waals surface area contributed by atoms with Crippen LogP contribution in [0.25, 0.3) is 10.9 Å². The van der Waals surface area contributed by atoms with E-state index in [1.54, 1.807) is 13.0 Å². The second kappa shape index (κ2) is 8.56. The Balaban J connectivity index is 1.38. The SMILES string of the molecule is Cc1nc(NCCc2c[nH]c3ccccc23)cc(C(=O)NCc2ccccc2)n1. The van der Waals surface area contributed by atoms with Crippen molar-refractivity contribution in [2.45, 2.75) is 19.9 Å². The monoisotopic (exact) mass is 385 g/mol. The van der Waals surface area contributed by atoms with E-state index in [0.29, 0.717) is 30.4 Å². The molecule has 4 aromatic rings. The summed E-state index contributed by atoms with van der Waals surface area (Å²) in [7, 11) is 0. The van der Waals surface area contributed by atoms with Gasteiger partial charge in [0.2, 0.25) is 0 Å². The zero-order chi connectivity index (χ0) is 20.1. The van der Waals surface area contributed by atoms with Crippen LogP contribution in [0, 0.1) is 6.92 Å². The molecule has 0 aliphatic heterocycles. The number of para-hydroxylation sites is 1. The average Bonchev–Trinajstić information content (AvgIpc) is 3.15. The molecule has 0 bridgehead atoms. The molecule has 0 saturated heterocycles. The number of carbonyl (C=O) groups is 1. The lowest BCUT2D eigenvalue weighted by atomic mass is 10.1. The molecule has 3 N–H and O–H groups in total. The van der Waals surface area contributed by atoms with E-state index in [9.17, 15) is 4.79 Å². The molecule has 0 unspecified atom stereocenters. The van der Waals surface area contributed by atoms with Crippen LogP contribution in [-0.2, 0) is 13.0 Å². The maximum Gasteiger partial charge on any atom is 0.270 e. The number of hydrogen-bond acceptors (Lipinski definition) is 4. The number of hydrogen-bond donors (Lipinski definition) is 3. The number of rotatable bonds is 7. The molecular weight excluding hydrogens is 362 g/mol. The van der Waals surface area contributed by atoms with Crippen LogP contribution in [0.3, 0.4) is 0 Å². The lowest BCUT2D eigenvalue weighted by molar-refractivity contribution is 0.0945. The molecule has 0 aliphatic rings. The number of anilines is 1. The van der Waals surface area contributed by atoms with Crippen molar-refractivity contribution in [2.75, 3.05) is 11.9 Å². The van der Waals surface area contributed by atoms with Crippen molar-refractivity contribution in [3.63, 3.8) is 0 Å². The second-order valence-corrected chi connectivity index (χ2v) is 6.89. The van der Waals surface area contributed by atoms with Crippen molar-refractivity contribution in [3.8, 4) is 0 Å². The van der Waals surface area contributed by atoms with Crippen LogP contribution in [0.2, 0.25) is 0 Å². The summed E-state index contributed by atoms with van der Waals surface area (Å²) in [5, 5.41) is 7.45. The van der Waals surface area contributed by atoms with Crippen LogP contribution >= 0.6 is 0 Å². The van der Waals surface area contributed by atoms with Crippen molar-refractivity contribution < 1.29 is 4.79 Å². The maximum absolute atomic E-state index is 12.5. The molecule has 6 heteroatoms. The zero-order valence-electron chi connectivity index (χ0n) is 16.3. The number of fused-ring (bicyclic) bond motifs is 1. The number of benzene rings is 2. The third-order valence-electron chi connectivity index (χ3n) is 4.74. The molecule has 146 valence electrons. The highest BCUT2D eigenvalue weighted by Crippen LogP contribution is 2.18. The van der Waals surface area contributed by atoms with Crippen molar-refractivity contribution in [1.29, 1.82) is 0 Å². The molecule has 2 aromatic carbocycles. The highest BCUT2D eigenvalue weighted by molar-refractivity contribution is 5.92. The molecule has 4 rings (SSSR count). The van der Waals surface area contributed by atoms with Crippen molar-refractivity contribution in [3.05, 3.63) is 89.5 Å². The quantitative estimate of drug-likeness (QED) is 0.451. The third kappa shape index (κ3) is 4.60. The first-order chi connectivity index (χ1) is 14.2. The second-order valence-electron chi connectivity index (χ2n) is 6.89. The number of nitrogens with one attached hydrogen (secondary N) is 3. The fourth-order valence-electron chi connectivity index (χ4n) is 3.31. The standard InChI is InChI=1S/C23H23N5O/c1-16-27-21(23(29)26-14-17-7-3-2-4-8-17)13-22(28-16)24-12-11-18-15-25-20-10-6-5-9-19(18)20/h2-10,13,15,25H,11-12,14H2,1H3,(H,26,29)(H,24,27,28). The Morgan fingerprint density at radius 1 is 1.03 bits per heavy atom. The summed E-state index contributed by atoms with van der Waals surface area (Å²) in [5.74, 6) is 1.01. The van der Waals surface area contributed by atoms with Crippen LogP contribution in [0.1, 0.15) is 27.4 Å². The molecule has 2 heterocycles. The van der Waals surface area contributed by atoms with Crippen LogP contribution < -0.4 is 10.6 Å². The number of nitrogens with zero attached hydrogens (tertiary/aromatic N) is 2. The number of aromatic nitrogens is 3. The lowest BCUT2D eigenvalue weighted by Crippen LogP contribution is -2.24. The third-order valence-corrected chi connectivity index (χ3v) is 4.74. The normalized spacial score (nSPS) is 10.8. The van der Waals surface area contributed by atoms with Gasteiger partial charge in [0.05, 0.1) is 0 Å². The molecule has 2 aromatic heterocycles. The Bertz CT molecular complexity index is 1120. The molecule has 0 fully saturated rings. The van der Waals surface area contributed by atoms with E-state index >= 15 is 0 Å². The Morgan fingerprint density at radius 2 is 1.83 bits per heavy atom. The molecule has 6 nitrogen and oxygen atoms in total.